The van der Waals surface area contributed by atoms with E-state index < -0.39 is 17.4 Å². The van der Waals surface area contributed by atoms with Gasteiger partial charge in [-0.05, 0) is 45.0 Å². The third-order valence-electron chi connectivity index (χ3n) is 6.16. The molecule has 0 bridgehead atoms. The standard InChI is InChI=1S/C20H22ClF3N4O/c1-13-4-3-5-15(25-13)18(29)27-8-6-19(7-9-27)17-14(21)12-16(20(22,23)24)28(17)11-10-26(19)2/h3-5,12H,6-11H2,1-2H3. The summed E-state index contributed by atoms with van der Waals surface area (Å²) < 4.78 is 41.8. The molecule has 0 N–H and O–H groups in total. The average molecular weight is 427 g/mol. The van der Waals surface area contributed by atoms with E-state index >= 15 is 0 Å². The first-order chi connectivity index (χ1) is 13.6. The summed E-state index contributed by atoms with van der Waals surface area (Å²) in [5.41, 5.74) is 0.350. The number of pyridine rings is 1. The van der Waals surface area contributed by atoms with Gasteiger partial charge in [0, 0.05) is 31.9 Å². The molecule has 156 valence electrons. The van der Waals surface area contributed by atoms with Gasteiger partial charge in [-0.2, -0.15) is 13.2 Å². The summed E-state index contributed by atoms with van der Waals surface area (Å²) in [7, 11) is 1.92. The molecule has 0 radical (unpaired) electrons. The van der Waals surface area contributed by atoms with Crippen LogP contribution in [-0.2, 0) is 18.3 Å². The van der Waals surface area contributed by atoms with Crippen molar-refractivity contribution in [2.75, 3.05) is 26.7 Å². The molecule has 2 aliphatic heterocycles. The molecule has 1 spiro atoms. The van der Waals surface area contributed by atoms with Crippen molar-refractivity contribution in [3.8, 4) is 0 Å². The number of likely N-dealkylation sites (N-methyl/N-ethyl adjacent to an activating group) is 1. The van der Waals surface area contributed by atoms with Gasteiger partial charge < -0.3 is 9.47 Å². The number of aromatic nitrogens is 2. The Hall–Kier alpha value is -2.06. The van der Waals surface area contributed by atoms with Crippen LogP contribution in [0.15, 0.2) is 24.3 Å². The SMILES string of the molecule is Cc1cccc(C(=O)N2CCC3(CC2)c2c(Cl)cc(C(F)(F)F)n2CCN3C)n1. The molecular weight excluding hydrogens is 405 g/mol. The van der Waals surface area contributed by atoms with Gasteiger partial charge in [0.2, 0.25) is 0 Å². The van der Waals surface area contributed by atoms with Crippen LogP contribution < -0.4 is 0 Å². The molecule has 0 aromatic carbocycles. The molecule has 0 saturated carbocycles. The summed E-state index contributed by atoms with van der Waals surface area (Å²) in [6.07, 6.45) is -3.42. The Morgan fingerprint density at radius 3 is 2.48 bits per heavy atom. The third kappa shape index (κ3) is 3.32. The lowest BCUT2D eigenvalue weighted by molar-refractivity contribution is -0.144. The maximum absolute atomic E-state index is 13.5. The zero-order chi connectivity index (χ0) is 21.0. The zero-order valence-corrected chi connectivity index (χ0v) is 17.0. The smallest absolute Gasteiger partial charge is 0.337 e. The lowest BCUT2D eigenvalue weighted by Gasteiger charge is -2.50. The molecule has 4 heterocycles. The zero-order valence-electron chi connectivity index (χ0n) is 16.3. The highest BCUT2D eigenvalue weighted by Gasteiger charge is 2.49. The van der Waals surface area contributed by atoms with Gasteiger partial charge in [0.15, 0.2) is 0 Å². The van der Waals surface area contributed by atoms with Crippen LogP contribution in [0.4, 0.5) is 13.2 Å². The number of rotatable bonds is 1. The summed E-state index contributed by atoms with van der Waals surface area (Å²) in [6, 6.07) is 6.34. The van der Waals surface area contributed by atoms with Crippen molar-refractivity contribution in [3.63, 3.8) is 0 Å². The lowest BCUT2D eigenvalue weighted by atomic mass is 9.81. The Morgan fingerprint density at radius 1 is 1.17 bits per heavy atom. The van der Waals surface area contributed by atoms with Crippen LogP contribution in [0.2, 0.25) is 5.02 Å². The third-order valence-corrected chi connectivity index (χ3v) is 6.44. The second-order valence-electron chi connectivity index (χ2n) is 7.79. The fourth-order valence-electron chi connectivity index (χ4n) is 4.62. The first-order valence-corrected chi connectivity index (χ1v) is 9.92. The van der Waals surface area contributed by atoms with Crippen molar-refractivity contribution >= 4 is 17.5 Å². The number of alkyl halides is 3. The largest absolute Gasteiger partial charge is 0.431 e. The van der Waals surface area contributed by atoms with E-state index in [4.69, 9.17) is 11.6 Å². The number of piperidine rings is 1. The highest BCUT2D eigenvalue weighted by atomic mass is 35.5. The Bertz CT molecular complexity index is 948. The summed E-state index contributed by atoms with van der Waals surface area (Å²) in [5.74, 6) is -0.153. The van der Waals surface area contributed by atoms with Gasteiger partial charge in [-0.15, -0.1) is 0 Å². The molecule has 1 fully saturated rings. The Morgan fingerprint density at radius 2 is 1.86 bits per heavy atom. The number of halogens is 4. The number of amides is 1. The molecule has 9 heteroatoms. The first kappa shape index (κ1) is 20.2. The van der Waals surface area contributed by atoms with Crippen molar-refractivity contribution in [2.24, 2.45) is 0 Å². The lowest BCUT2D eigenvalue weighted by Crippen LogP contribution is -2.57. The maximum atomic E-state index is 13.5. The predicted molar refractivity (Wildman–Crippen MR) is 103 cm³/mol. The van der Waals surface area contributed by atoms with E-state index in [1.165, 1.54) is 4.57 Å². The van der Waals surface area contributed by atoms with E-state index in [1.807, 2.05) is 20.0 Å². The molecule has 2 aliphatic rings. The van der Waals surface area contributed by atoms with Crippen molar-refractivity contribution < 1.29 is 18.0 Å². The number of aryl methyl sites for hydroxylation is 1. The minimum atomic E-state index is -4.45. The fraction of sp³-hybridized carbons (Fsp3) is 0.500. The predicted octanol–water partition coefficient (Wildman–Crippen LogP) is 3.94. The number of likely N-dealkylation sites (tertiary alicyclic amines) is 1. The molecule has 2 aromatic rings. The van der Waals surface area contributed by atoms with Gasteiger partial charge in [-0.25, -0.2) is 4.98 Å². The second-order valence-corrected chi connectivity index (χ2v) is 8.19. The van der Waals surface area contributed by atoms with E-state index in [1.54, 1.807) is 17.0 Å². The Labute approximate surface area is 172 Å². The number of carbonyl (C=O) groups excluding carboxylic acids is 1. The molecule has 1 amide bonds. The van der Waals surface area contributed by atoms with Gasteiger partial charge in [0.05, 0.1) is 16.3 Å². The Kier molecular flexibility index (Phi) is 4.90. The Balaban J connectivity index is 1.63. The molecule has 5 nitrogen and oxygen atoms in total. The van der Waals surface area contributed by atoms with Gasteiger partial charge in [0.1, 0.15) is 11.4 Å². The normalized spacial score (nSPS) is 19.4. The highest BCUT2D eigenvalue weighted by Crippen LogP contribution is 2.47. The molecule has 0 unspecified atom stereocenters. The summed E-state index contributed by atoms with van der Waals surface area (Å²) in [4.78, 5) is 20.9. The van der Waals surface area contributed by atoms with E-state index in [2.05, 4.69) is 9.88 Å². The number of hydrogen-bond donors (Lipinski definition) is 0. The van der Waals surface area contributed by atoms with Gasteiger partial charge in [-0.3, -0.25) is 9.69 Å². The van der Waals surface area contributed by atoms with Crippen LogP contribution in [0, 0.1) is 6.92 Å². The summed E-state index contributed by atoms with van der Waals surface area (Å²) in [6.45, 7) is 3.43. The fourth-order valence-corrected chi connectivity index (χ4v) is 5.00. The van der Waals surface area contributed by atoms with E-state index in [9.17, 15) is 18.0 Å². The second kappa shape index (κ2) is 7.02. The van der Waals surface area contributed by atoms with Gasteiger partial charge >= 0.3 is 6.18 Å². The quantitative estimate of drug-likeness (QED) is 0.693. The monoisotopic (exact) mass is 426 g/mol. The topological polar surface area (TPSA) is 41.4 Å². The van der Waals surface area contributed by atoms with Crippen LogP contribution >= 0.6 is 11.6 Å². The number of hydrogen-bond acceptors (Lipinski definition) is 3. The number of nitrogens with zero attached hydrogens (tertiary/aromatic N) is 4. The van der Waals surface area contributed by atoms with E-state index in [0.717, 1.165) is 11.8 Å². The van der Waals surface area contributed by atoms with Crippen LogP contribution in [0.5, 0.6) is 0 Å². The maximum Gasteiger partial charge on any atom is 0.431 e. The molecule has 0 atom stereocenters. The molecule has 4 rings (SSSR count). The summed E-state index contributed by atoms with van der Waals surface area (Å²) >= 11 is 6.33. The van der Waals surface area contributed by atoms with Crippen molar-refractivity contribution in [1.82, 2.24) is 19.4 Å². The van der Waals surface area contributed by atoms with Crippen LogP contribution in [0.1, 0.15) is 40.4 Å². The van der Waals surface area contributed by atoms with Crippen LogP contribution in [0.3, 0.4) is 0 Å². The highest BCUT2D eigenvalue weighted by molar-refractivity contribution is 6.31. The molecule has 2 aromatic heterocycles. The molecule has 0 aliphatic carbocycles. The van der Waals surface area contributed by atoms with E-state index in [-0.39, 0.29) is 17.5 Å². The average Bonchev–Trinajstić information content (AvgIpc) is 3.03. The molecule has 29 heavy (non-hydrogen) atoms. The minimum absolute atomic E-state index is 0.143. The van der Waals surface area contributed by atoms with Crippen molar-refractivity contribution in [3.05, 3.63) is 52.1 Å². The van der Waals surface area contributed by atoms with Gasteiger partial charge in [0.25, 0.3) is 5.91 Å². The van der Waals surface area contributed by atoms with Gasteiger partial charge in [-0.1, -0.05) is 17.7 Å². The molecule has 1 saturated heterocycles. The number of fused-ring (bicyclic) bond motifs is 2. The van der Waals surface area contributed by atoms with E-state index in [0.29, 0.717) is 43.9 Å². The first-order valence-electron chi connectivity index (χ1n) is 9.54. The van der Waals surface area contributed by atoms with Crippen LogP contribution in [-0.4, -0.2) is 51.9 Å². The number of carbonyl (C=O) groups is 1. The summed E-state index contributed by atoms with van der Waals surface area (Å²) in [5, 5.41) is 0.143. The van der Waals surface area contributed by atoms with Crippen molar-refractivity contribution in [2.45, 2.75) is 38.0 Å². The minimum Gasteiger partial charge on any atom is -0.337 e. The molecular formula is C20H22ClF3N4O. The van der Waals surface area contributed by atoms with Crippen molar-refractivity contribution in [1.29, 1.82) is 0 Å². The van der Waals surface area contributed by atoms with Crippen LogP contribution in [0.25, 0.3) is 0 Å².